The fourth-order valence-electron chi connectivity index (χ4n) is 8.40. The van der Waals surface area contributed by atoms with Crippen molar-refractivity contribution in [2.24, 2.45) is 0 Å². The van der Waals surface area contributed by atoms with E-state index in [1.54, 1.807) is 0 Å². The van der Waals surface area contributed by atoms with Gasteiger partial charge in [0.1, 0.15) is 11.5 Å². The molecule has 2 aliphatic carbocycles. The lowest BCUT2D eigenvalue weighted by Gasteiger charge is -2.41. The molecule has 0 radical (unpaired) electrons. The first-order valence-corrected chi connectivity index (χ1v) is 22.0. The summed E-state index contributed by atoms with van der Waals surface area (Å²) in [5.74, 6) is 2.16. The van der Waals surface area contributed by atoms with Gasteiger partial charge < -0.3 is 4.74 Å². The molecule has 5 aromatic rings. The summed E-state index contributed by atoms with van der Waals surface area (Å²) in [5, 5.41) is 8.35. The van der Waals surface area contributed by atoms with E-state index in [0.717, 1.165) is 24.3 Å². The lowest BCUT2D eigenvalue weighted by molar-refractivity contribution is 0.422. The Kier molecular flexibility index (Phi) is 9.43. The van der Waals surface area contributed by atoms with Crippen molar-refractivity contribution in [3.05, 3.63) is 161 Å². The van der Waals surface area contributed by atoms with Crippen LogP contribution in [0.5, 0.6) is 11.5 Å². The molecule has 1 atom stereocenters. The van der Waals surface area contributed by atoms with E-state index >= 15 is 0 Å². The summed E-state index contributed by atoms with van der Waals surface area (Å²) >= 11 is 0. The third-order valence-electron chi connectivity index (χ3n) is 11.6. The molecule has 0 amide bonds. The van der Waals surface area contributed by atoms with Crippen molar-refractivity contribution in [1.29, 1.82) is 0 Å². The van der Waals surface area contributed by atoms with Gasteiger partial charge in [0.25, 0.3) is 0 Å². The van der Waals surface area contributed by atoms with Gasteiger partial charge in [0, 0.05) is 27.2 Å². The van der Waals surface area contributed by atoms with Crippen LogP contribution in [0.1, 0.15) is 102 Å². The highest BCUT2D eigenvalue weighted by Crippen LogP contribution is 2.59. The van der Waals surface area contributed by atoms with Gasteiger partial charge in [-0.05, 0) is 103 Å². The first-order chi connectivity index (χ1) is 25.1. The molecule has 1 saturated carbocycles. The molecule has 264 valence electrons. The lowest BCUT2D eigenvalue weighted by atomic mass is 9.72. The second-order valence-corrected chi connectivity index (χ2v) is 21.0. The molecule has 3 aliphatic rings. The molecule has 1 unspecified atom stereocenters. The standard InChI is InChI=1S/C49H52OP2/c1-7-28-49(29-30-49)36-32-42-46(44(34-36)52(39-24-16-10-17-25-39)40-26-18-11-19-27-40)50-45-41(48(42,5)6)31-35(47(2,3)4)33-43(45)51(37-20-12-8-13-21-37)38-22-14-9-15-23-38/h8-18,20-26,31-34H,7,19,27-30H2,1-6H3. The summed E-state index contributed by atoms with van der Waals surface area (Å²) < 4.78 is 7.70. The third-order valence-corrected chi connectivity index (χ3v) is 16.6. The van der Waals surface area contributed by atoms with Crippen LogP contribution in [0, 0.1) is 0 Å². The summed E-state index contributed by atoms with van der Waals surface area (Å²) in [5.41, 5.74) is 5.55. The van der Waals surface area contributed by atoms with Crippen molar-refractivity contribution < 1.29 is 4.74 Å². The molecule has 0 N–H and O–H groups in total. The molecular weight excluding hydrogens is 666 g/mol. The van der Waals surface area contributed by atoms with E-state index in [0.29, 0.717) is 0 Å². The first-order valence-electron chi connectivity index (χ1n) is 19.3. The van der Waals surface area contributed by atoms with Crippen LogP contribution in [-0.4, -0.2) is 0 Å². The van der Waals surface area contributed by atoms with Gasteiger partial charge in [-0.1, -0.05) is 169 Å². The smallest absolute Gasteiger partial charge is 0.139 e. The van der Waals surface area contributed by atoms with Crippen molar-refractivity contribution in [2.45, 2.75) is 96.3 Å². The number of fused-ring (bicyclic) bond motifs is 2. The minimum atomic E-state index is -0.896. The molecule has 1 heterocycles. The minimum Gasteiger partial charge on any atom is -0.455 e. The number of benzene rings is 5. The summed E-state index contributed by atoms with van der Waals surface area (Å²) in [6.07, 6.45) is 14.2. The summed E-state index contributed by atoms with van der Waals surface area (Å²) in [4.78, 5) is 0. The molecule has 1 nitrogen and oxygen atoms in total. The maximum atomic E-state index is 7.70. The summed E-state index contributed by atoms with van der Waals surface area (Å²) in [7, 11) is -1.70. The van der Waals surface area contributed by atoms with E-state index in [1.807, 2.05) is 0 Å². The Balaban J connectivity index is 1.43. The molecule has 1 fully saturated rings. The number of hydrogen-bond donors (Lipinski definition) is 0. The zero-order valence-corrected chi connectivity index (χ0v) is 33.5. The average molecular weight is 719 g/mol. The Morgan fingerprint density at radius 3 is 1.71 bits per heavy atom. The Morgan fingerprint density at radius 2 is 1.21 bits per heavy atom. The highest BCUT2D eigenvalue weighted by Gasteiger charge is 2.47. The van der Waals surface area contributed by atoms with Gasteiger partial charge in [-0.2, -0.15) is 0 Å². The fourth-order valence-corrected chi connectivity index (χ4v) is 13.4. The van der Waals surface area contributed by atoms with Crippen LogP contribution < -0.4 is 31.3 Å². The normalized spacial score (nSPS) is 17.5. The fraction of sp³-hybridized carbons (Fsp3) is 0.306. The zero-order chi connectivity index (χ0) is 36.1. The molecule has 0 bridgehead atoms. The van der Waals surface area contributed by atoms with E-state index in [9.17, 15) is 0 Å². The monoisotopic (exact) mass is 718 g/mol. The van der Waals surface area contributed by atoms with Crippen LogP contribution in [0.15, 0.2) is 139 Å². The van der Waals surface area contributed by atoms with Gasteiger partial charge in [0.2, 0.25) is 0 Å². The Hall–Kier alpha value is -3.76. The van der Waals surface area contributed by atoms with E-state index < -0.39 is 15.8 Å². The van der Waals surface area contributed by atoms with E-state index in [-0.39, 0.29) is 16.2 Å². The van der Waals surface area contributed by atoms with Gasteiger partial charge in [0.05, 0.1) is 0 Å². The summed E-state index contributed by atoms with van der Waals surface area (Å²) in [6, 6.07) is 43.8. The SMILES string of the molecule is CCCC1(c2cc(P(C3=CC=CCC3)c3ccccc3)c3c(c2)C(C)(C)c2cc(C(C)(C)C)cc(P(c4ccccc4)c4ccccc4)c2O3)CC1. The second-order valence-electron chi connectivity index (χ2n) is 16.6. The maximum absolute atomic E-state index is 7.70. The number of hydrogen-bond acceptors (Lipinski definition) is 1. The predicted molar refractivity (Wildman–Crippen MR) is 227 cm³/mol. The van der Waals surface area contributed by atoms with Crippen LogP contribution in [0.4, 0.5) is 0 Å². The molecule has 0 aromatic heterocycles. The largest absolute Gasteiger partial charge is 0.455 e. The average Bonchev–Trinajstić information content (AvgIpc) is 3.94. The van der Waals surface area contributed by atoms with E-state index in [4.69, 9.17) is 4.74 Å². The van der Waals surface area contributed by atoms with E-state index in [1.165, 1.54) is 79.8 Å². The first kappa shape index (κ1) is 35.3. The molecular formula is C49H52OP2. The lowest BCUT2D eigenvalue weighted by Crippen LogP contribution is -2.34. The molecule has 1 aliphatic heterocycles. The topological polar surface area (TPSA) is 9.23 Å². The highest BCUT2D eigenvalue weighted by atomic mass is 31.1. The van der Waals surface area contributed by atoms with Gasteiger partial charge >= 0.3 is 0 Å². The Labute approximate surface area is 314 Å². The van der Waals surface area contributed by atoms with E-state index in [2.05, 4.69) is 175 Å². The molecule has 0 spiro atoms. The van der Waals surface area contributed by atoms with Crippen LogP contribution in [0.2, 0.25) is 0 Å². The summed E-state index contributed by atoms with van der Waals surface area (Å²) in [6.45, 7) is 14.4. The van der Waals surface area contributed by atoms with Crippen LogP contribution in [-0.2, 0) is 16.2 Å². The molecule has 3 heteroatoms. The van der Waals surface area contributed by atoms with Gasteiger partial charge in [-0.25, -0.2) is 0 Å². The quantitative estimate of drug-likeness (QED) is 0.138. The molecule has 52 heavy (non-hydrogen) atoms. The van der Waals surface area contributed by atoms with Crippen molar-refractivity contribution >= 4 is 42.4 Å². The van der Waals surface area contributed by atoms with Gasteiger partial charge in [0.15, 0.2) is 0 Å². The second kappa shape index (κ2) is 13.9. The van der Waals surface area contributed by atoms with Gasteiger partial charge in [-0.3, -0.25) is 0 Å². The van der Waals surface area contributed by atoms with Crippen molar-refractivity contribution in [3.8, 4) is 11.5 Å². The molecule has 0 saturated heterocycles. The van der Waals surface area contributed by atoms with Crippen molar-refractivity contribution in [3.63, 3.8) is 0 Å². The molecule has 8 rings (SSSR count). The number of allylic oxidation sites excluding steroid dienone is 4. The number of rotatable bonds is 9. The zero-order valence-electron chi connectivity index (χ0n) is 31.7. The predicted octanol–water partition coefficient (Wildman–Crippen LogP) is 11.7. The Bertz CT molecular complexity index is 2090. The molecule has 5 aromatic carbocycles. The maximum Gasteiger partial charge on any atom is 0.139 e. The third kappa shape index (κ3) is 6.44. The minimum absolute atomic E-state index is 0.0245. The highest BCUT2D eigenvalue weighted by molar-refractivity contribution is 7.80. The van der Waals surface area contributed by atoms with Gasteiger partial charge in [-0.15, -0.1) is 0 Å². The van der Waals surface area contributed by atoms with Crippen molar-refractivity contribution in [2.75, 3.05) is 0 Å². The number of ether oxygens (including phenoxy) is 1. The van der Waals surface area contributed by atoms with Crippen LogP contribution >= 0.6 is 15.8 Å². The van der Waals surface area contributed by atoms with Crippen LogP contribution in [0.25, 0.3) is 0 Å². The van der Waals surface area contributed by atoms with Crippen molar-refractivity contribution in [1.82, 2.24) is 0 Å². The van der Waals surface area contributed by atoms with Crippen LogP contribution in [0.3, 0.4) is 0 Å². The Morgan fingerprint density at radius 1 is 0.673 bits per heavy atom.